The molecule has 0 amide bonds. The number of carbonyl (C=O) groups is 1. The Balaban J connectivity index is 2.07. The second kappa shape index (κ2) is 3.53. The van der Waals surface area contributed by atoms with Crippen molar-refractivity contribution in [1.29, 1.82) is 0 Å². The van der Waals surface area contributed by atoms with Gasteiger partial charge in [-0.1, -0.05) is 0 Å². The molecule has 0 spiro atoms. The van der Waals surface area contributed by atoms with Gasteiger partial charge in [0.05, 0.1) is 13.2 Å². The zero-order valence-corrected chi connectivity index (χ0v) is 5.67. The highest BCUT2D eigenvalue weighted by atomic mass is 16.5. The summed E-state index contributed by atoms with van der Waals surface area (Å²) in [7, 11) is 0. The molecule has 4 heteroatoms. The molecule has 2 N–H and O–H groups in total. The van der Waals surface area contributed by atoms with E-state index < -0.39 is 5.97 Å². The highest BCUT2D eigenvalue weighted by Gasteiger charge is 2.14. The van der Waals surface area contributed by atoms with E-state index in [1.165, 1.54) is 0 Å². The first-order valence-corrected chi connectivity index (χ1v) is 3.32. The van der Waals surface area contributed by atoms with E-state index >= 15 is 0 Å². The van der Waals surface area contributed by atoms with Gasteiger partial charge < -0.3 is 15.2 Å². The lowest BCUT2D eigenvalue weighted by Gasteiger charge is -2.06. The van der Waals surface area contributed by atoms with Crippen LogP contribution in [0.3, 0.4) is 0 Å². The molecule has 1 saturated heterocycles. The number of carboxylic acid groups (broad SMARTS) is 1. The van der Waals surface area contributed by atoms with E-state index in [-0.39, 0.29) is 12.6 Å². The molecular weight excluding hydrogens is 134 g/mol. The summed E-state index contributed by atoms with van der Waals surface area (Å²) >= 11 is 0. The summed E-state index contributed by atoms with van der Waals surface area (Å²) in [4.78, 5) is 10.1. The van der Waals surface area contributed by atoms with Gasteiger partial charge in [-0.05, 0) is 6.42 Å². The summed E-state index contributed by atoms with van der Waals surface area (Å²) in [6.45, 7) is 1.43. The highest BCUT2D eigenvalue weighted by Crippen LogP contribution is 2.01. The van der Waals surface area contributed by atoms with E-state index in [1.54, 1.807) is 0 Å². The molecule has 0 aliphatic carbocycles. The van der Waals surface area contributed by atoms with Gasteiger partial charge in [-0.2, -0.15) is 0 Å². The molecule has 0 aromatic rings. The van der Waals surface area contributed by atoms with Crippen LogP contribution in [0.4, 0.5) is 0 Å². The fourth-order valence-corrected chi connectivity index (χ4v) is 0.927. The van der Waals surface area contributed by atoms with Crippen LogP contribution < -0.4 is 5.32 Å². The van der Waals surface area contributed by atoms with Crippen molar-refractivity contribution in [1.82, 2.24) is 5.32 Å². The molecule has 4 nitrogen and oxygen atoms in total. The molecule has 0 saturated carbocycles. The van der Waals surface area contributed by atoms with Crippen molar-refractivity contribution in [2.24, 2.45) is 0 Å². The van der Waals surface area contributed by atoms with Gasteiger partial charge >= 0.3 is 5.97 Å². The SMILES string of the molecule is O=C(O)CN[C@@H]1CCOC1. The quantitative estimate of drug-likeness (QED) is 0.559. The Hall–Kier alpha value is -0.610. The zero-order valence-electron chi connectivity index (χ0n) is 5.67. The first-order chi connectivity index (χ1) is 4.79. The van der Waals surface area contributed by atoms with Crippen molar-refractivity contribution in [3.05, 3.63) is 0 Å². The maximum Gasteiger partial charge on any atom is 0.317 e. The fourth-order valence-electron chi connectivity index (χ4n) is 0.927. The molecule has 1 rings (SSSR count). The molecule has 1 aliphatic heterocycles. The maximum atomic E-state index is 10.1. The van der Waals surface area contributed by atoms with E-state index in [2.05, 4.69) is 5.32 Å². The minimum absolute atomic E-state index is 0.0357. The van der Waals surface area contributed by atoms with Crippen LogP contribution in [-0.4, -0.2) is 36.9 Å². The number of hydrogen-bond acceptors (Lipinski definition) is 3. The summed E-state index contributed by atoms with van der Waals surface area (Å²) < 4.78 is 5.03. The number of aliphatic carboxylic acids is 1. The number of hydrogen-bond donors (Lipinski definition) is 2. The Morgan fingerprint density at radius 3 is 3.10 bits per heavy atom. The molecule has 0 unspecified atom stereocenters. The largest absolute Gasteiger partial charge is 0.480 e. The lowest BCUT2D eigenvalue weighted by Crippen LogP contribution is -2.33. The number of nitrogens with one attached hydrogen (secondary N) is 1. The van der Waals surface area contributed by atoms with Crippen molar-refractivity contribution in [3.8, 4) is 0 Å². The second-order valence-electron chi connectivity index (χ2n) is 2.34. The maximum absolute atomic E-state index is 10.1. The van der Waals surface area contributed by atoms with Gasteiger partial charge in [0, 0.05) is 12.6 Å². The van der Waals surface area contributed by atoms with Gasteiger partial charge in [-0.15, -0.1) is 0 Å². The monoisotopic (exact) mass is 145 g/mol. The average Bonchev–Trinajstić information content (AvgIpc) is 2.34. The Bertz CT molecular complexity index is 120. The van der Waals surface area contributed by atoms with Gasteiger partial charge in [-0.25, -0.2) is 0 Å². The van der Waals surface area contributed by atoms with E-state index in [4.69, 9.17) is 9.84 Å². The predicted octanol–water partition coefficient (Wildman–Crippen LogP) is -0.551. The van der Waals surface area contributed by atoms with Crippen molar-refractivity contribution in [3.63, 3.8) is 0 Å². The van der Waals surface area contributed by atoms with Gasteiger partial charge in [0.15, 0.2) is 0 Å². The molecule has 0 bridgehead atoms. The van der Waals surface area contributed by atoms with Gasteiger partial charge in [0.25, 0.3) is 0 Å². The van der Waals surface area contributed by atoms with Crippen LogP contribution in [0.25, 0.3) is 0 Å². The summed E-state index contributed by atoms with van der Waals surface area (Å²) in [5, 5.41) is 11.1. The summed E-state index contributed by atoms with van der Waals surface area (Å²) in [6, 6.07) is 0.246. The molecule has 0 radical (unpaired) electrons. The molecule has 1 fully saturated rings. The lowest BCUT2D eigenvalue weighted by atomic mass is 10.3. The minimum atomic E-state index is -0.813. The molecule has 10 heavy (non-hydrogen) atoms. The topological polar surface area (TPSA) is 58.6 Å². The van der Waals surface area contributed by atoms with Gasteiger partial charge in [-0.3, -0.25) is 4.79 Å². The zero-order chi connectivity index (χ0) is 7.40. The van der Waals surface area contributed by atoms with Crippen LogP contribution in [0, 0.1) is 0 Å². The second-order valence-corrected chi connectivity index (χ2v) is 2.34. The third-order valence-electron chi connectivity index (χ3n) is 1.47. The van der Waals surface area contributed by atoms with Crippen LogP contribution >= 0.6 is 0 Å². The molecule has 58 valence electrons. The van der Waals surface area contributed by atoms with Crippen LogP contribution in [-0.2, 0) is 9.53 Å². The van der Waals surface area contributed by atoms with E-state index in [0.717, 1.165) is 13.0 Å². The van der Waals surface area contributed by atoms with E-state index in [9.17, 15) is 4.79 Å². The number of carboxylic acids is 1. The Morgan fingerprint density at radius 2 is 2.60 bits per heavy atom. The third-order valence-corrected chi connectivity index (χ3v) is 1.47. The van der Waals surface area contributed by atoms with E-state index in [1.807, 2.05) is 0 Å². The highest BCUT2D eigenvalue weighted by molar-refractivity contribution is 5.69. The molecule has 1 aliphatic rings. The predicted molar refractivity (Wildman–Crippen MR) is 34.9 cm³/mol. The van der Waals surface area contributed by atoms with Gasteiger partial charge in [0.1, 0.15) is 0 Å². The molecule has 1 heterocycles. The lowest BCUT2D eigenvalue weighted by molar-refractivity contribution is -0.136. The number of rotatable bonds is 3. The summed E-state index contributed by atoms with van der Waals surface area (Å²) in [6.07, 6.45) is 0.924. The van der Waals surface area contributed by atoms with Crippen molar-refractivity contribution in [2.45, 2.75) is 12.5 Å². The van der Waals surface area contributed by atoms with Crippen molar-refractivity contribution >= 4 is 5.97 Å². The fraction of sp³-hybridized carbons (Fsp3) is 0.833. The van der Waals surface area contributed by atoms with Crippen LogP contribution in [0.15, 0.2) is 0 Å². The standard InChI is InChI=1S/C6H11NO3/c8-6(9)3-7-5-1-2-10-4-5/h5,7H,1-4H2,(H,8,9)/t5-/m1/s1. The minimum Gasteiger partial charge on any atom is -0.480 e. The summed E-state index contributed by atoms with van der Waals surface area (Å²) in [5.41, 5.74) is 0. The smallest absolute Gasteiger partial charge is 0.317 e. The van der Waals surface area contributed by atoms with Crippen LogP contribution in [0.2, 0.25) is 0 Å². The Morgan fingerprint density at radius 1 is 1.80 bits per heavy atom. The Kier molecular flexibility index (Phi) is 2.65. The Labute approximate surface area is 59.2 Å². The van der Waals surface area contributed by atoms with Crippen molar-refractivity contribution in [2.75, 3.05) is 19.8 Å². The first kappa shape index (κ1) is 7.50. The first-order valence-electron chi connectivity index (χ1n) is 3.32. The summed E-state index contributed by atoms with van der Waals surface area (Å²) in [5.74, 6) is -0.813. The van der Waals surface area contributed by atoms with Crippen molar-refractivity contribution < 1.29 is 14.6 Å². The average molecular weight is 145 g/mol. The molecule has 0 aromatic carbocycles. The van der Waals surface area contributed by atoms with Gasteiger partial charge in [0.2, 0.25) is 0 Å². The third kappa shape index (κ3) is 2.33. The van der Waals surface area contributed by atoms with Crippen LogP contribution in [0.5, 0.6) is 0 Å². The number of ether oxygens (including phenoxy) is 1. The molecule has 1 atom stereocenters. The molecular formula is C6H11NO3. The van der Waals surface area contributed by atoms with Crippen LogP contribution in [0.1, 0.15) is 6.42 Å². The normalized spacial score (nSPS) is 25.0. The van der Waals surface area contributed by atoms with E-state index in [0.29, 0.717) is 6.61 Å². The molecule has 0 aromatic heterocycles.